The molecule has 4 rings (SSSR count). The smallest absolute Gasteiger partial charge is 0.351 e. The van der Waals surface area contributed by atoms with Gasteiger partial charge in [-0.1, -0.05) is 26.0 Å². The van der Waals surface area contributed by atoms with Gasteiger partial charge in [-0.3, -0.25) is 15.3 Å². The maximum absolute atomic E-state index is 12.9. The van der Waals surface area contributed by atoms with E-state index in [1.807, 2.05) is 13.8 Å². The second kappa shape index (κ2) is 9.89. The number of nitrogens with zero attached hydrogens (tertiary/aromatic N) is 2. The summed E-state index contributed by atoms with van der Waals surface area (Å²) in [6.45, 7) is 3.64. The number of carbonyl (C=O) groups is 2. The lowest BCUT2D eigenvalue weighted by Crippen LogP contribution is -2.44. The lowest BCUT2D eigenvalue weighted by atomic mass is 10.0. The minimum atomic E-state index is -1.21. The van der Waals surface area contributed by atoms with Gasteiger partial charge < -0.3 is 24.1 Å². The molecule has 1 fully saturated rings. The van der Waals surface area contributed by atoms with Crippen LogP contribution in [0, 0.1) is 5.92 Å². The number of benzene rings is 1. The number of hydrogen-bond acceptors (Lipinski definition) is 11. The number of aliphatic hydroxyl groups excluding tert-OH is 1. The van der Waals surface area contributed by atoms with E-state index < -0.39 is 48.5 Å². The SMILES string of the molecule is CC(C)CC(O)OC[C@H]1O[C@@H](n2ccc(NO)nc2=O)[C@@H]2OC(=O)c3ccccc3C(=O)O[C@@H]21. The maximum Gasteiger partial charge on any atom is 0.351 e. The summed E-state index contributed by atoms with van der Waals surface area (Å²) in [5, 5.41) is 19.1. The van der Waals surface area contributed by atoms with E-state index in [2.05, 4.69) is 4.98 Å². The first-order valence-electron chi connectivity index (χ1n) is 10.7. The number of aromatic nitrogens is 2. The summed E-state index contributed by atoms with van der Waals surface area (Å²) >= 11 is 0. The van der Waals surface area contributed by atoms with Crippen LogP contribution in [0.1, 0.15) is 47.2 Å². The Balaban J connectivity index is 1.68. The standard InChI is InChI=1S/C22H25N3O9/c1-11(2)9-16(26)31-10-14-17-18(19(32-14)25-8-7-15(24-30)23-22(25)29)34-21(28)13-6-4-3-5-12(13)20(27)33-17/h3-8,11,14,16-19,26,30H,9-10H2,1-2H3,(H,23,24,29)/t14-,16?,17-,18-,19-/m1/s1. The van der Waals surface area contributed by atoms with Gasteiger partial charge in [-0.15, -0.1) is 0 Å². The van der Waals surface area contributed by atoms with Crippen LogP contribution in [0.4, 0.5) is 5.82 Å². The summed E-state index contributed by atoms with van der Waals surface area (Å²) in [5.74, 6) is -1.47. The summed E-state index contributed by atoms with van der Waals surface area (Å²) in [7, 11) is 0. The number of ether oxygens (including phenoxy) is 4. The molecule has 0 bridgehead atoms. The average Bonchev–Trinajstić information content (AvgIpc) is 3.12. The van der Waals surface area contributed by atoms with Crippen molar-refractivity contribution < 1.29 is 38.9 Å². The van der Waals surface area contributed by atoms with Crippen LogP contribution in [0.15, 0.2) is 41.3 Å². The van der Waals surface area contributed by atoms with E-state index in [9.17, 15) is 19.5 Å². The third-order valence-electron chi connectivity index (χ3n) is 5.48. The monoisotopic (exact) mass is 475 g/mol. The van der Waals surface area contributed by atoms with Crippen molar-refractivity contribution in [3.05, 3.63) is 58.1 Å². The first-order valence-corrected chi connectivity index (χ1v) is 10.7. The molecule has 3 heterocycles. The average molecular weight is 475 g/mol. The van der Waals surface area contributed by atoms with Crippen molar-refractivity contribution in [3.8, 4) is 0 Å². The molecular weight excluding hydrogens is 450 g/mol. The number of hydrogen-bond donors (Lipinski definition) is 3. The molecule has 2 aromatic rings. The van der Waals surface area contributed by atoms with Crippen LogP contribution in [0.3, 0.4) is 0 Å². The Hall–Kier alpha value is -3.32. The lowest BCUT2D eigenvalue weighted by Gasteiger charge is -2.27. The minimum Gasteiger partial charge on any atom is -0.452 e. The normalized spacial score (nSPS) is 25.0. The Morgan fingerprint density at radius 2 is 1.74 bits per heavy atom. The van der Waals surface area contributed by atoms with Crippen molar-refractivity contribution in [2.75, 3.05) is 12.1 Å². The minimum absolute atomic E-state index is 0.0158. The number of anilines is 1. The zero-order valence-corrected chi connectivity index (χ0v) is 18.5. The van der Waals surface area contributed by atoms with Crippen molar-refractivity contribution in [1.82, 2.24) is 9.55 Å². The quantitative estimate of drug-likeness (QED) is 0.299. The molecule has 2 aliphatic rings. The van der Waals surface area contributed by atoms with E-state index in [1.54, 1.807) is 17.6 Å². The maximum atomic E-state index is 12.9. The third-order valence-corrected chi connectivity index (χ3v) is 5.48. The van der Waals surface area contributed by atoms with Crippen LogP contribution < -0.4 is 11.2 Å². The number of rotatable bonds is 7. The number of carbonyl (C=O) groups excluding carboxylic acids is 2. The molecular formula is C22H25N3O9. The fraction of sp³-hybridized carbons (Fsp3) is 0.455. The van der Waals surface area contributed by atoms with E-state index in [0.717, 1.165) is 4.57 Å². The number of nitrogens with one attached hydrogen (secondary N) is 1. The summed E-state index contributed by atoms with van der Waals surface area (Å²) in [5.41, 5.74) is 1.01. The Bertz CT molecular complexity index is 1120. The highest BCUT2D eigenvalue weighted by Crippen LogP contribution is 2.36. The Labute approximate surface area is 194 Å². The highest BCUT2D eigenvalue weighted by Gasteiger charge is 2.52. The van der Waals surface area contributed by atoms with E-state index in [-0.39, 0.29) is 29.5 Å². The topological polar surface area (TPSA) is 158 Å². The van der Waals surface area contributed by atoms with Gasteiger partial charge in [0.05, 0.1) is 17.7 Å². The molecule has 12 nitrogen and oxygen atoms in total. The third kappa shape index (κ3) is 4.80. The van der Waals surface area contributed by atoms with E-state index in [4.69, 9.17) is 24.2 Å². The summed E-state index contributed by atoms with van der Waals surface area (Å²) in [6.07, 6.45) is -3.97. The van der Waals surface area contributed by atoms with Crippen molar-refractivity contribution >= 4 is 17.8 Å². The zero-order chi connectivity index (χ0) is 24.4. The number of aliphatic hydroxyl groups is 1. The van der Waals surface area contributed by atoms with Crippen molar-refractivity contribution in [2.24, 2.45) is 5.92 Å². The van der Waals surface area contributed by atoms with E-state index in [1.165, 1.54) is 24.4 Å². The van der Waals surface area contributed by atoms with Gasteiger partial charge in [0, 0.05) is 12.6 Å². The molecule has 0 aliphatic carbocycles. The Morgan fingerprint density at radius 1 is 1.09 bits per heavy atom. The van der Waals surface area contributed by atoms with Crippen LogP contribution in [0.25, 0.3) is 0 Å². The first kappa shape index (κ1) is 23.8. The van der Waals surface area contributed by atoms with Crippen molar-refractivity contribution in [1.29, 1.82) is 0 Å². The van der Waals surface area contributed by atoms with Gasteiger partial charge in [-0.25, -0.2) is 14.4 Å². The highest BCUT2D eigenvalue weighted by atomic mass is 16.7. The Kier molecular flexibility index (Phi) is 6.93. The van der Waals surface area contributed by atoms with Gasteiger partial charge in [-0.05, 0) is 24.1 Å². The van der Waals surface area contributed by atoms with Crippen LogP contribution in [-0.4, -0.2) is 63.0 Å². The fourth-order valence-corrected chi connectivity index (χ4v) is 3.89. The molecule has 34 heavy (non-hydrogen) atoms. The van der Waals surface area contributed by atoms with Crippen LogP contribution >= 0.6 is 0 Å². The summed E-state index contributed by atoms with van der Waals surface area (Å²) < 4.78 is 23.8. The molecule has 1 aromatic heterocycles. The molecule has 0 amide bonds. The lowest BCUT2D eigenvalue weighted by molar-refractivity contribution is -0.149. The fourth-order valence-electron chi connectivity index (χ4n) is 3.89. The van der Waals surface area contributed by atoms with E-state index in [0.29, 0.717) is 6.42 Å². The van der Waals surface area contributed by atoms with Crippen LogP contribution in [0.5, 0.6) is 0 Å². The second-order valence-corrected chi connectivity index (χ2v) is 8.38. The summed E-state index contributed by atoms with van der Waals surface area (Å²) in [6, 6.07) is 7.35. The summed E-state index contributed by atoms with van der Waals surface area (Å²) in [4.78, 5) is 42.0. The molecule has 0 radical (unpaired) electrons. The molecule has 1 aromatic carbocycles. The van der Waals surface area contributed by atoms with Gasteiger partial charge >= 0.3 is 17.6 Å². The van der Waals surface area contributed by atoms with E-state index >= 15 is 0 Å². The molecule has 12 heteroatoms. The van der Waals surface area contributed by atoms with Gasteiger partial charge in [0.1, 0.15) is 6.10 Å². The number of esters is 2. The molecule has 0 spiro atoms. The Morgan fingerprint density at radius 3 is 2.32 bits per heavy atom. The number of fused-ring (bicyclic) bond motifs is 2. The molecule has 2 aliphatic heterocycles. The van der Waals surface area contributed by atoms with Gasteiger partial charge in [-0.2, -0.15) is 4.98 Å². The molecule has 1 saturated heterocycles. The van der Waals surface area contributed by atoms with Gasteiger partial charge in [0.15, 0.2) is 30.5 Å². The van der Waals surface area contributed by atoms with Gasteiger partial charge in [0.25, 0.3) is 0 Å². The molecule has 5 atom stereocenters. The second-order valence-electron chi connectivity index (χ2n) is 8.38. The largest absolute Gasteiger partial charge is 0.452 e. The van der Waals surface area contributed by atoms with Crippen LogP contribution in [0.2, 0.25) is 0 Å². The van der Waals surface area contributed by atoms with Crippen LogP contribution in [-0.2, 0) is 18.9 Å². The van der Waals surface area contributed by atoms with Crippen molar-refractivity contribution in [3.63, 3.8) is 0 Å². The zero-order valence-electron chi connectivity index (χ0n) is 18.5. The first-order chi connectivity index (χ1) is 16.3. The van der Waals surface area contributed by atoms with Gasteiger partial charge in [0.2, 0.25) is 0 Å². The molecule has 3 N–H and O–H groups in total. The predicted octanol–water partition coefficient (Wildman–Crippen LogP) is 1.09. The van der Waals surface area contributed by atoms with Crippen molar-refractivity contribution in [2.45, 2.75) is 51.1 Å². The molecule has 182 valence electrons. The highest BCUT2D eigenvalue weighted by molar-refractivity contribution is 6.03. The predicted molar refractivity (Wildman–Crippen MR) is 114 cm³/mol. The molecule has 1 unspecified atom stereocenters. The molecule has 0 saturated carbocycles.